The molecule has 0 saturated carbocycles. The molecular weight excluding hydrogens is 265 g/mol. The molecule has 0 aromatic rings. The summed E-state index contributed by atoms with van der Waals surface area (Å²) in [5, 5.41) is 0. The summed E-state index contributed by atoms with van der Waals surface area (Å²) in [6.45, 7) is 1.47. The summed E-state index contributed by atoms with van der Waals surface area (Å²) in [6, 6.07) is -1.03. The Hall–Kier alpha value is -1.31. The lowest BCUT2D eigenvalue weighted by molar-refractivity contribution is -0.164. The molecule has 0 saturated heterocycles. The third-order valence-electron chi connectivity index (χ3n) is 2.50. The Kier molecular flexibility index (Phi) is 6.82. The molecule has 1 atom stereocenters. The van der Waals surface area contributed by atoms with Crippen LogP contribution in [0.1, 0.15) is 20.3 Å². The zero-order chi connectivity index (χ0) is 15.2. The predicted molar refractivity (Wildman–Crippen MR) is 62.1 cm³/mol. The first-order valence-corrected chi connectivity index (χ1v) is 5.76. The molecule has 1 amide bonds. The largest absolute Gasteiger partial charge is 0.469 e. The smallest absolute Gasteiger partial charge is 0.406 e. The van der Waals surface area contributed by atoms with Crippen molar-refractivity contribution in [1.29, 1.82) is 0 Å². The van der Waals surface area contributed by atoms with Crippen LogP contribution >= 0.6 is 0 Å². The minimum Gasteiger partial charge on any atom is -0.469 e. The molecule has 0 radical (unpaired) electrons. The summed E-state index contributed by atoms with van der Waals surface area (Å²) in [7, 11) is 1.12. The summed E-state index contributed by atoms with van der Waals surface area (Å²) < 4.78 is 41.5. The lowest BCUT2D eigenvalue weighted by Crippen LogP contribution is -2.50. The Labute approximate surface area is 109 Å². The van der Waals surface area contributed by atoms with Crippen LogP contribution in [0.15, 0.2) is 0 Å². The Morgan fingerprint density at radius 3 is 2.21 bits per heavy atom. The molecule has 0 fully saturated rings. The number of methoxy groups -OCH3 is 1. The number of rotatable bonds is 6. The third-order valence-corrected chi connectivity index (χ3v) is 2.50. The zero-order valence-electron chi connectivity index (χ0n) is 11.2. The van der Waals surface area contributed by atoms with Crippen LogP contribution in [0.3, 0.4) is 0 Å². The zero-order valence-corrected chi connectivity index (χ0v) is 11.2. The van der Waals surface area contributed by atoms with Gasteiger partial charge in [-0.2, -0.15) is 13.2 Å². The number of esters is 1. The molecule has 0 aromatic heterocycles. The topological polar surface area (TPSA) is 72.6 Å². The molecule has 0 aliphatic carbocycles. The van der Waals surface area contributed by atoms with Crippen molar-refractivity contribution in [1.82, 2.24) is 4.90 Å². The highest BCUT2D eigenvalue weighted by molar-refractivity contribution is 5.82. The second-order valence-corrected chi connectivity index (χ2v) is 4.47. The number of carbonyl (C=O) groups is 2. The molecule has 2 N–H and O–H groups in total. The van der Waals surface area contributed by atoms with Crippen molar-refractivity contribution >= 4 is 11.9 Å². The standard InChI is InChI=1S/C11H19F3N2O3/c1-7(2)9(15)10(18)16(6-11(12,13)14)5-4-8(17)19-3/h7,9H,4-6,15H2,1-3H3/t9-/m1/s1. The number of ether oxygens (including phenoxy) is 1. The van der Waals surface area contributed by atoms with E-state index < -0.39 is 30.6 Å². The van der Waals surface area contributed by atoms with Gasteiger partial charge in [-0.05, 0) is 5.92 Å². The van der Waals surface area contributed by atoms with Crippen LogP contribution in [0, 0.1) is 5.92 Å². The number of nitrogens with zero attached hydrogens (tertiary/aromatic N) is 1. The van der Waals surface area contributed by atoms with Crippen molar-refractivity contribution in [2.75, 3.05) is 20.2 Å². The van der Waals surface area contributed by atoms with Gasteiger partial charge < -0.3 is 15.4 Å². The molecule has 112 valence electrons. The van der Waals surface area contributed by atoms with Gasteiger partial charge >= 0.3 is 12.1 Å². The van der Waals surface area contributed by atoms with Gasteiger partial charge in [-0.15, -0.1) is 0 Å². The monoisotopic (exact) mass is 284 g/mol. The predicted octanol–water partition coefficient (Wildman–Crippen LogP) is 0.924. The normalized spacial score (nSPS) is 13.3. The van der Waals surface area contributed by atoms with Crippen LogP contribution < -0.4 is 5.73 Å². The first-order valence-electron chi connectivity index (χ1n) is 5.76. The van der Waals surface area contributed by atoms with Gasteiger partial charge in [0.15, 0.2) is 0 Å². The molecule has 0 bridgehead atoms. The number of carbonyl (C=O) groups excluding carboxylic acids is 2. The van der Waals surface area contributed by atoms with Gasteiger partial charge in [0.2, 0.25) is 5.91 Å². The first kappa shape index (κ1) is 17.7. The van der Waals surface area contributed by atoms with Crippen LogP contribution in [0.2, 0.25) is 0 Å². The van der Waals surface area contributed by atoms with E-state index >= 15 is 0 Å². The number of alkyl halides is 3. The summed E-state index contributed by atoms with van der Waals surface area (Å²) in [5.74, 6) is -1.80. The molecular formula is C11H19F3N2O3. The van der Waals surface area contributed by atoms with E-state index in [1.807, 2.05) is 0 Å². The van der Waals surface area contributed by atoms with E-state index in [4.69, 9.17) is 5.73 Å². The Morgan fingerprint density at radius 1 is 1.32 bits per heavy atom. The number of nitrogens with two attached hydrogens (primary N) is 1. The highest BCUT2D eigenvalue weighted by Gasteiger charge is 2.35. The van der Waals surface area contributed by atoms with E-state index in [2.05, 4.69) is 4.74 Å². The second kappa shape index (κ2) is 7.32. The number of hydrogen-bond acceptors (Lipinski definition) is 4. The molecule has 0 aliphatic heterocycles. The molecule has 0 unspecified atom stereocenters. The fraction of sp³-hybridized carbons (Fsp3) is 0.818. The number of halogens is 3. The van der Waals surface area contributed by atoms with Gasteiger partial charge in [0, 0.05) is 6.54 Å². The van der Waals surface area contributed by atoms with Crippen LogP contribution in [0.25, 0.3) is 0 Å². The third kappa shape index (κ3) is 7.00. The van der Waals surface area contributed by atoms with Gasteiger partial charge in [-0.25, -0.2) is 0 Å². The van der Waals surface area contributed by atoms with Crippen molar-refractivity contribution in [3.8, 4) is 0 Å². The Bertz CT molecular complexity index is 319. The summed E-state index contributed by atoms with van der Waals surface area (Å²) in [4.78, 5) is 23.3. The average molecular weight is 284 g/mol. The van der Waals surface area contributed by atoms with Gasteiger partial charge in [0.1, 0.15) is 6.54 Å². The van der Waals surface area contributed by atoms with Gasteiger partial charge in [-0.1, -0.05) is 13.8 Å². The highest BCUT2D eigenvalue weighted by Crippen LogP contribution is 2.18. The molecule has 0 heterocycles. The second-order valence-electron chi connectivity index (χ2n) is 4.47. The molecule has 0 spiro atoms. The van der Waals surface area contributed by atoms with Crippen molar-refractivity contribution in [3.05, 3.63) is 0 Å². The SMILES string of the molecule is COC(=O)CCN(CC(F)(F)F)C(=O)[C@H](N)C(C)C. The van der Waals surface area contributed by atoms with E-state index in [-0.39, 0.29) is 18.9 Å². The molecule has 0 rings (SSSR count). The molecule has 0 aliphatic rings. The fourth-order valence-electron chi connectivity index (χ4n) is 1.31. The highest BCUT2D eigenvalue weighted by atomic mass is 19.4. The molecule has 5 nitrogen and oxygen atoms in total. The summed E-state index contributed by atoms with van der Waals surface area (Å²) >= 11 is 0. The Morgan fingerprint density at radius 2 is 1.84 bits per heavy atom. The minimum atomic E-state index is -4.54. The van der Waals surface area contributed by atoms with Crippen LogP contribution in [-0.2, 0) is 14.3 Å². The fourth-order valence-corrected chi connectivity index (χ4v) is 1.31. The molecule has 19 heavy (non-hydrogen) atoms. The summed E-state index contributed by atoms with van der Waals surface area (Å²) in [6.07, 6.45) is -4.84. The number of amides is 1. The lowest BCUT2D eigenvalue weighted by atomic mass is 10.0. The van der Waals surface area contributed by atoms with Gasteiger partial charge in [-0.3, -0.25) is 9.59 Å². The lowest BCUT2D eigenvalue weighted by Gasteiger charge is -2.27. The van der Waals surface area contributed by atoms with E-state index in [1.165, 1.54) is 0 Å². The van der Waals surface area contributed by atoms with E-state index in [9.17, 15) is 22.8 Å². The first-order chi connectivity index (χ1) is 8.58. The van der Waals surface area contributed by atoms with Crippen molar-refractivity contribution in [2.45, 2.75) is 32.5 Å². The quantitative estimate of drug-likeness (QED) is 0.736. The van der Waals surface area contributed by atoms with Crippen LogP contribution in [-0.4, -0.2) is 49.2 Å². The van der Waals surface area contributed by atoms with E-state index in [1.54, 1.807) is 13.8 Å². The molecule has 0 aromatic carbocycles. The Balaban J connectivity index is 4.75. The maximum atomic E-state index is 12.4. The average Bonchev–Trinajstić information content (AvgIpc) is 2.30. The van der Waals surface area contributed by atoms with Crippen molar-refractivity contribution < 1.29 is 27.5 Å². The number of hydrogen-bond donors (Lipinski definition) is 1. The minimum absolute atomic E-state index is 0.290. The van der Waals surface area contributed by atoms with Gasteiger partial charge in [0.25, 0.3) is 0 Å². The van der Waals surface area contributed by atoms with E-state index in [0.717, 1.165) is 7.11 Å². The van der Waals surface area contributed by atoms with E-state index in [0.29, 0.717) is 4.90 Å². The van der Waals surface area contributed by atoms with Crippen molar-refractivity contribution in [2.24, 2.45) is 11.7 Å². The summed E-state index contributed by atoms with van der Waals surface area (Å²) in [5.41, 5.74) is 5.54. The molecule has 8 heteroatoms. The maximum Gasteiger partial charge on any atom is 0.406 e. The van der Waals surface area contributed by atoms with Gasteiger partial charge in [0.05, 0.1) is 19.6 Å². The van der Waals surface area contributed by atoms with Crippen LogP contribution in [0.4, 0.5) is 13.2 Å². The maximum absolute atomic E-state index is 12.4. The van der Waals surface area contributed by atoms with Crippen LogP contribution in [0.5, 0.6) is 0 Å². The van der Waals surface area contributed by atoms with Crippen molar-refractivity contribution in [3.63, 3.8) is 0 Å².